The van der Waals surface area contributed by atoms with Crippen LogP contribution in [0.25, 0.3) is 5.69 Å². The number of fused-ring (bicyclic) bond motifs is 1. The lowest BCUT2D eigenvalue weighted by Gasteiger charge is -2.11. The number of carbonyl (C=O) groups excluding carboxylic acids is 3. The molecule has 7 nitrogen and oxygen atoms in total. The third-order valence-electron chi connectivity index (χ3n) is 3.84. The van der Waals surface area contributed by atoms with E-state index in [4.69, 9.17) is 16.4 Å². The third-order valence-corrected chi connectivity index (χ3v) is 4.09. The Balaban J connectivity index is 1.54. The van der Waals surface area contributed by atoms with Crippen LogP contribution in [0.3, 0.4) is 0 Å². The predicted molar refractivity (Wildman–Crippen MR) is 90.9 cm³/mol. The number of benzene rings is 2. The normalized spacial score (nSPS) is 13.0. The molecule has 2 aromatic carbocycles. The van der Waals surface area contributed by atoms with Crippen molar-refractivity contribution in [2.24, 2.45) is 0 Å². The number of imide groups is 1. The first kappa shape index (κ1) is 16.0. The van der Waals surface area contributed by atoms with E-state index in [0.29, 0.717) is 15.8 Å². The second kappa shape index (κ2) is 6.12. The van der Waals surface area contributed by atoms with Gasteiger partial charge in [-0.25, -0.2) is 9.48 Å². The maximum Gasteiger partial charge on any atom is 0.367 e. The van der Waals surface area contributed by atoms with Gasteiger partial charge in [-0.15, -0.1) is 0 Å². The van der Waals surface area contributed by atoms with Gasteiger partial charge in [-0.2, -0.15) is 5.10 Å². The van der Waals surface area contributed by atoms with E-state index < -0.39 is 17.8 Å². The Hall–Kier alpha value is -3.45. The van der Waals surface area contributed by atoms with Crippen LogP contribution in [0.15, 0.2) is 60.9 Å². The molecule has 0 saturated heterocycles. The van der Waals surface area contributed by atoms with Crippen LogP contribution in [0.4, 0.5) is 0 Å². The van der Waals surface area contributed by atoms with Gasteiger partial charge in [0.2, 0.25) is 0 Å². The van der Waals surface area contributed by atoms with E-state index in [1.54, 1.807) is 36.4 Å². The predicted octanol–water partition coefficient (Wildman–Crippen LogP) is 2.89. The fraction of sp³-hybridized carbons (Fsp3) is 0. The van der Waals surface area contributed by atoms with Crippen LogP contribution in [0.1, 0.15) is 31.1 Å². The monoisotopic (exact) mass is 367 g/mol. The average molecular weight is 368 g/mol. The van der Waals surface area contributed by atoms with Crippen molar-refractivity contribution in [2.75, 3.05) is 0 Å². The van der Waals surface area contributed by atoms with E-state index in [-0.39, 0.29) is 16.7 Å². The molecule has 2 amide bonds. The largest absolute Gasteiger partial charge is 0.367 e. The number of aromatic nitrogens is 2. The van der Waals surface area contributed by atoms with Gasteiger partial charge in [-0.1, -0.05) is 28.8 Å². The van der Waals surface area contributed by atoms with Gasteiger partial charge in [-0.05, 0) is 36.4 Å². The molecule has 1 aliphatic heterocycles. The molecule has 26 heavy (non-hydrogen) atoms. The zero-order valence-electron chi connectivity index (χ0n) is 13.1. The smallest absolute Gasteiger partial charge is 0.324 e. The topological polar surface area (TPSA) is 81.5 Å². The second-order valence-corrected chi connectivity index (χ2v) is 5.92. The molecule has 3 aromatic rings. The van der Waals surface area contributed by atoms with Crippen LogP contribution in [0.5, 0.6) is 0 Å². The molecule has 4 rings (SSSR count). The van der Waals surface area contributed by atoms with E-state index in [1.165, 1.54) is 29.2 Å². The van der Waals surface area contributed by atoms with Gasteiger partial charge in [0.15, 0.2) is 0 Å². The molecule has 0 spiro atoms. The maximum atomic E-state index is 12.3. The molecule has 128 valence electrons. The number of hydroxylamine groups is 2. The summed E-state index contributed by atoms with van der Waals surface area (Å²) in [4.78, 5) is 41.7. The molecule has 0 aliphatic carbocycles. The minimum atomic E-state index is -0.861. The number of amides is 2. The standard InChI is InChI=1S/C18H10ClN3O4/c19-12-5-7-13(8-6-12)21-10-11(9-20-21)18(25)26-22-16(23)14-3-1-2-4-15(14)17(22)24/h1-10H. The summed E-state index contributed by atoms with van der Waals surface area (Å²) in [6.07, 6.45) is 2.72. The lowest BCUT2D eigenvalue weighted by atomic mass is 10.1. The molecular formula is C18H10ClN3O4. The summed E-state index contributed by atoms with van der Waals surface area (Å²) >= 11 is 5.84. The Kier molecular flexibility index (Phi) is 3.78. The van der Waals surface area contributed by atoms with E-state index in [0.717, 1.165) is 0 Å². The molecule has 1 aliphatic rings. The van der Waals surface area contributed by atoms with Crippen molar-refractivity contribution in [3.8, 4) is 5.69 Å². The van der Waals surface area contributed by atoms with Crippen LogP contribution in [0.2, 0.25) is 5.02 Å². The van der Waals surface area contributed by atoms with Gasteiger partial charge in [-0.3, -0.25) is 9.59 Å². The fourth-order valence-corrected chi connectivity index (χ4v) is 2.67. The number of hydrogen-bond donors (Lipinski definition) is 0. The van der Waals surface area contributed by atoms with Crippen molar-refractivity contribution < 1.29 is 19.2 Å². The van der Waals surface area contributed by atoms with Crippen LogP contribution in [-0.4, -0.2) is 32.6 Å². The third kappa shape index (κ3) is 2.64. The summed E-state index contributed by atoms with van der Waals surface area (Å²) in [5.74, 6) is -2.21. The highest BCUT2D eigenvalue weighted by atomic mass is 35.5. The molecule has 0 atom stereocenters. The molecule has 0 saturated carbocycles. The Morgan fingerprint density at radius 2 is 1.58 bits per heavy atom. The van der Waals surface area contributed by atoms with Crippen molar-refractivity contribution in [1.82, 2.24) is 14.8 Å². The molecule has 0 bridgehead atoms. The molecule has 1 aromatic heterocycles. The number of rotatable bonds is 3. The quantitative estimate of drug-likeness (QED) is 0.665. The van der Waals surface area contributed by atoms with Gasteiger partial charge in [0.05, 0.1) is 23.0 Å². The first-order valence-electron chi connectivity index (χ1n) is 7.55. The first-order chi connectivity index (χ1) is 12.5. The summed E-state index contributed by atoms with van der Waals surface area (Å²) in [7, 11) is 0. The van der Waals surface area contributed by atoms with Crippen LogP contribution >= 0.6 is 11.6 Å². The molecule has 2 heterocycles. The SMILES string of the molecule is O=C(ON1C(=O)c2ccccc2C1=O)c1cnn(-c2ccc(Cl)cc2)c1. The van der Waals surface area contributed by atoms with E-state index in [1.807, 2.05) is 0 Å². The van der Waals surface area contributed by atoms with E-state index in [2.05, 4.69) is 5.10 Å². The van der Waals surface area contributed by atoms with Crippen LogP contribution < -0.4 is 0 Å². The first-order valence-corrected chi connectivity index (χ1v) is 7.93. The van der Waals surface area contributed by atoms with Gasteiger partial charge >= 0.3 is 5.97 Å². The summed E-state index contributed by atoms with van der Waals surface area (Å²) in [5.41, 5.74) is 1.18. The van der Waals surface area contributed by atoms with Crippen molar-refractivity contribution in [3.63, 3.8) is 0 Å². The lowest BCUT2D eigenvalue weighted by Crippen LogP contribution is -2.32. The van der Waals surface area contributed by atoms with Gasteiger partial charge in [0.25, 0.3) is 11.8 Å². The highest BCUT2D eigenvalue weighted by Crippen LogP contribution is 2.23. The summed E-state index contributed by atoms with van der Waals surface area (Å²) < 4.78 is 1.45. The lowest BCUT2D eigenvalue weighted by molar-refractivity contribution is -0.0584. The zero-order chi connectivity index (χ0) is 18.3. The molecule has 8 heteroatoms. The van der Waals surface area contributed by atoms with Crippen molar-refractivity contribution in [1.29, 1.82) is 0 Å². The minimum Gasteiger partial charge on any atom is -0.324 e. The van der Waals surface area contributed by atoms with Crippen LogP contribution in [0, 0.1) is 0 Å². The molecule has 0 N–H and O–H groups in total. The van der Waals surface area contributed by atoms with E-state index in [9.17, 15) is 14.4 Å². The molecule has 0 fully saturated rings. The summed E-state index contributed by atoms with van der Waals surface area (Å²) in [6.45, 7) is 0. The van der Waals surface area contributed by atoms with Crippen molar-refractivity contribution >= 4 is 29.4 Å². The number of nitrogens with zero attached hydrogens (tertiary/aromatic N) is 3. The molecule has 0 unspecified atom stereocenters. The van der Waals surface area contributed by atoms with Crippen molar-refractivity contribution in [2.45, 2.75) is 0 Å². The Morgan fingerprint density at radius 1 is 0.962 bits per heavy atom. The Labute approximate surface area is 152 Å². The summed E-state index contributed by atoms with van der Waals surface area (Å²) in [6, 6.07) is 13.1. The van der Waals surface area contributed by atoms with Gasteiger partial charge < -0.3 is 4.84 Å². The molecule has 0 radical (unpaired) electrons. The number of hydrogen-bond acceptors (Lipinski definition) is 5. The van der Waals surface area contributed by atoms with Gasteiger partial charge in [0.1, 0.15) is 5.56 Å². The average Bonchev–Trinajstić information content (AvgIpc) is 3.23. The zero-order valence-corrected chi connectivity index (χ0v) is 13.9. The van der Waals surface area contributed by atoms with Crippen LogP contribution in [-0.2, 0) is 4.84 Å². The fourth-order valence-electron chi connectivity index (χ4n) is 2.55. The Bertz CT molecular complexity index is 1010. The van der Waals surface area contributed by atoms with Gasteiger partial charge in [0, 0.05) is 11.2 Å². The second-order valence-electron chi connectivity index (χ2n) is 5.48. The van der Waals surface area contributed by atoms with E-state index >= 15 is 0 Å². The summed E-state index contributed by atoms with van der Waals surface area (Å²) in [5, 5.41) is 5.11. The Morgan fingerprint density at radius 3 is 2.19 bits per heavy atom. The maximum absolute atomic E-state index is 12.3. The molecular weight excluding hydrogens is 358 g/mol. The minimum absolute atomic E-state index is 0.0940. The number of carbonyl (C=O) groups is 3. The van der Waals surface area contributed by atoms with Crippen molar-refractivity contribution in [3.05, 3.63) is 82.6 Å². The highest BCUT2D eigenvalue weighted by molar-refractivity contribution is 6.30. The number of halogens is 1. The highest BCUT2D eigenvalue weighted by Gasteiger charge is 2.38.